The first kappa shape index (κ1) is 21.4. The Bertz CT molecular complexity index is 1340. The number of hydrogen-bond acceptors (Lipinski definition) is 5. The zero-order chi connectivity index (χ0) is 22.5. The van der Waals surface area contributed by atoms with E-state index >= 15 is 0 Å². The summed E-state index contributed by atoms with van der Waals surface area (Å²) in [6.07, 6.45) is 1.69. The van der Waals surface area contributed by atoms with Gasteiger partial charge in [-0.1, -0.05) is 12.1 Å². The number of rotatable bonds is 4. The van der Waals surface area contributed by atoms with Crippen LogP contribution in [0.25, 0.3) is 10.9 Å². The van der Waals surface area contributed by atoms with Crippen LogP contribution in [0, 0.1) is 13.8 Å². The number of aryl methyl sites for hydroxylation is 2. The van der Waals surface area contributed by atoms with E-state index in [4.69, 9.17) is 9.47 Å². The van der Waals surface area contributed by atoms with Gasteiger partial charge in [0.2, 0.25) is 10.0 Å². The molecule has 2 aromatic carbocycles. The molecular formula is C23H26N2O5S. The molecule has 1 aliphatic rings. The van der Waals surface area contributed by atoms with E-state index < -0.39 is 16.1 Å². The molecule has 0 saturated heterocycles. The summed E-state index contributed by atoms with van der Waals surface area (Å²) in [5.74, 6) is 1.07. The van der Waals surface area contributed by atoms with Crippen LogP contribution < -0.4 is 15.0 Å². The van der Waals surface area contributed by atoms with Crippen LogP contribution >= 0.6 is 0 Å². The van der Waals surface area contributed by atoms with Gasteiger partial charge in [-0.15, -0.1) is 0 Å². The number of aromatic nitrogens is 1. The van der Waals surface area contributed by atoms with Gasteiger partial charge in [0, 0.05) is 12.1 Å². The van der Waals surface area contributed by atoms with Crippen molar-refractivity contribution in [1.82, 2.24) is 9.29 Å². The summed E-state index contributed by atoms with van der Waals surface area (Å²) >= 11 is 0. The molecule has 0 saturated carbocycles. The Kier molecular flexibility index (Phi) is 5.31. The second-order valence-corrected chi connectivity index (χ2v) is 9.89. The molecule has 0 bridgehead atoms. The van der Waals surface area contributed by atoms with Gasteiger partial charge in [0.05, 0.1) is 32.0 Å². The maximum atomic E-state index is 13.2. The summed E-state index contributed by atoms with van der Waals surface area (Å²) < 4.78 is 37.6. The molecule has 164 valence electrons. The monoisotopic (exact) mass is 442 g/mol. The standard InChI is InChI=1S/C23H26N2O5S/c1-13-6-7-16-10-18(23(26)24-21(16)14(13)2)22-17-12-20(30-4)19(29-3)11-15(17)8-9-25(22)31(5,27)28/h6-7,10-12,22H,8-9H2,1-5H3,(H,24,26)/t22-/m0/s1. The predicted octanol–water partition coefficient (Wildman–Crippen LogP) is 3.07. The van der Waals surface area contributed by atoms with Crippen LogP contribution in [0.15, 0.2) is 35.1 Å². The Morgan fingerprint density at radius 2 is 1.71 bits per heavy atom. The first-order chi connectivity index (χ1) is 14.7. The number of fused-ring (bicyclic) bond motifs is 2. The fraction of sp³-hybridized carbons (Fsp3) is 0.348. The summed E-state index contributed by atoms with van der Waals surface area (Å²) in [6.45, 7) is 4.23. The van der Waals surface area contributed by atoms with E-state index in [-0.39, 0.29) is 12.1 Å². The molecule has 7 nitrogen and oxygen atoms in total. The number of methoxy groups -OCH3 is 2. The fourth-order valence-electron chi connectivity index (χ4n) is 4.35. The average molecular weight is 443 g/mol. The summed E-state index contributed by atoms with van der Waals surface area (Å²) in [4.78, 5) is 16.2. The van der Waals surface area contributed by atoms with Crippen LogP contribution in [-0.2, 0) is 16.4 Å². The van der Waals surface area contributed by atoms with Crippen LogP contribution in [0.3, 0.4) is 0 Å². The molecule has 1 aliphatic heterocycles. The van der Waals surface area contributed by atoms with E-state index in [1.54, 1.807) is 19.2 Å². The lowest BCUT2D eigenvalue weighted by Gasteiger charge is -2.36. The summed E-state index contributed by atoms with van der Waals surface area (Å²) in [6, 6.07) is 8.63. The van der Waals surface area contributed by atoms with Gasteiger partial charge in [0.1, 0.15) is 0 Å². The van der Waals surface area contributed by atoms with Crippen LogP contribution in [-0.4, -0.2) is 44.7 Å². The normalized spacial score (nSPS) is 16.9. The van der Waals surface area contributed by atoms with Gasteiger partial charge in [0.15, 0.2) is 11.5 Å². The number of H-pyrrole nitrogens is 1. The van der Waals surface area contributed by atoms with Gasteiger partial charge >= 0.3 is 0 Å². The topological polar surface area (TPSA) is 88.7 Å². The van der Waals surface area contributed by atoms with Crippen molar-refractivity contribution < 1.29 is 17.9 Å². The Hall–Kier alpha value is -2.84. The molecule has 31 heavy (non-hydrogen) atoms. The molecule has 1 N–H and O–H groups in total. The van der Waals surface area contributed by atoms with Gasteiger partial charge in [-0.3, -0.25) is 4.79 Å². The van der Waals surface area contributed by atoms with Crippen molar-refractivity contribution in [2.24, 2.45) is 0 Å². The molecule has 8 heteroatoms. The fourth-order valence-corrected chi connectivity index (χ4v) is 5.38. The molecule has 1 aromatic heterocycles. The first-order valence-corrected chi connectivity index (χ1v) is 11.8. The summed E-state index contributed by atoms with van der Waals surface area (Å²) in [7, 11) is -0.484. The lowest BCUT2D eigenvalue weighted by atomic mass is 9.89. The number of nitrogens with one attached hydrogen (secondary N) is 1. The van der Waals surface area contributed by atoms with E-state index in [2.05, 4.69) is 4.98 Å². The number of aromatic amines is 1. The maximum Gasteiger partial charge on any atom is 0.253 e. The quantitative estimate of drug-likeness (QED) is 0.671. The summed E-state index contributed by atoms with van der Waals surface area (Å²) in [5.41, 5.74) is 4.58. The van der Waals surface area contributed by atoms with E-state index in [1.807, 2.05) is 32.0 Å². The molecule has 4 rings (SSSR count). The van der Waals surface area contributed by atoms with E-state index in [9.17, 15) is 13.2 Å². The van der Waals surface area contributed by atoms with Crippen molar-refractivity contribution in [3.63, 3.8) is 0 Å². The third kappa shape index (κ3) is 3.59. The predicted molar refractivity (Wildman–Crippen MR) is 121 cm³/mol. The second kappa shape index (κ2) is 7.69. The maximum absolute atomic E-state index is 13.2. The van der Waals surface area contributed by atoms with Gasteiger partial charge < -0.3 is 14.5 Å². The Morgan fingerprint density at radius 3 is 2.35 bits per heavy atom. The highest BCUT2D eigenvalue weighted by Gasteiger charge is 2.37. The van der Waals surface area contributed by atoms with Gasteiger partial charge in [-0.25, -0.2) is 8.42 Å². The molecule has 0 fully saturated rings. The lowest BCUT2D eigenvalue weighted by molar-refractivity contribution is 0.332. The molecule has 2 heterocycles. The van der Waals surface area contributed by atoms with E-state index in [1.165, 1.54) is 17.7 Å². The van der Waals surface area contributed by atoms with Crippen molar-refractivity contribution in [3.05, 3.63) is 68.5 Å². The third-order valence-corrected chi connectivity index (χ3v) is 7.38. The smallest absolute Gasteiger partial charge is 0.253 e. The van der Waals surface area contributed by atoms with Crippen molar-refractivity contribution in [1.29, 1.82) is 0 Å². The molecule has 0 unspecified atom stereocenters. The Labute approximate surface area is 181 Å². The summed E-state index contributed by atoms with van der Waals surface area (Å²) in [5, 5.41) is 0.860. The van der Waals surface area contributed by atoms with E-state index in [0.29, 0.717) is 23.5 Å². The van der Waals surface area contributed by atoms with E-state index in [0.717, 1.165) is 33.2 Å². The minimum absolute atomic E-state index is 0.274. The molecule has 0 aliphatic carbocycles. The number of pyridine rings is 1. The molecular weight excluding hydrogens is 416 g/mol. The number of benzene rings is 2. The third-order valence-electron chi connectivity index (χ3n) is 6.13. The molecule has 0 spiro atoms. The highest BCUT2D eigenvalue weighted by atomic mass is 32.2. The van der Waals surface area contributed by atoms with Gasteiger partial charge in [-0.2, -0.15) is 4.31 Å². The Balaban J connectivity index is 2.02. The highest BCUT2D eigenvalue weighted by molar-refractivity contribution is 7.88. The Morgan fingerprint density at radius 1 is 1.03 bits per heavy atom. The minimum Gasteiger partial charge on any atom is -0.493 e. The number of ether oxygens (including phenoxy) is 2. The van der Waals surface area contributed by atoms with Crippen molar-refractivity contribution in [2.45, 2.75) is 26.3 Å². The van der Waals surface area contributed by atoms with Gasteiger partial charge in [0.25, 0.3) is 5.56 Å². The van der Waals surface area contributed by atoms with Crippen molar-refractivity contribution >= 4 is 20.9 Å². The molecule has 3 aromatic rings. The zero-order valence-electron chi connectivity index (χ0n) is 18.3. The first-order valence-electron chi connectivity index (χ1n) is 10.0. The van der Waals surface area contributed by atoms with Crippen molar-refractivity contribution in [3.8, 4) is 11.5 Å². The SMILES string of the molecule is COc1cc2c(cc1OC)[C@@H](c1cc3ccc(C)c(C)c3[nH]c1=O)N(S(C)(=O)=O)CC2. The lowest BCUT2D eigenvalue weighted by Crippen LogP contribution is -2.42. The highest BCUT2D eigenvalue weighted by Crippen LogP contribution is 2.41. The second-order valence-electron chi connectivity index (χ2n) is 7.96. The molecule has 0 radical (unpaired) electrons. The number of nitrogens with zero attached hydrogens (tertiary/aromatic N) is 1. The average Bonchev–Trinajstić information content (AvgIpc) is 2.74. The molecule has 1 atom stereocenters. The largest absolute Gasteiger partial charge is 0.493 e. The van der Waals surface area contributed by atoms with Crippen molar-refractivity contribution in [2.75, 3.05) is 27.0 Å². The minimum atomic E-state index is -3.58. The van der Waals surface area contributed by atoms with Gasteiger partial charge in [-0.05, 0) is 66.1 Å². The van der Waals surface area contributed by atoms with Crippen LogP contribution in [0.2, 0.25) is 0 Å². The van der Waals surface area contributed by atoms with Crippen LogP contribution in [0.5, 0.6) is 11.5 Å². The van der Waals surface area contributed by atoms with Crippen LogP contribution in [0.4, 0.5) is 0 Å². The number of sulfonamides is 1. The van der Waals surface area contributed by atoms with Crippen LogP contribution in [0.1, 0.15) is 33.9 Å². The molecule has 0 amide bonds. The number of hydrogen-bond donors (Lipinski definition) is 1. The zero-order valence-corrected chi connectivity index (χ0v) is 19.1.